The number of carbonyl (C=O) groups excluding carboxylic acids is 1. The lowest BCUT2D eigenvalue weighted by molar-refractivity contribution is -0.113. The summed E-state index contributed by atoms with van der Waals surface area (Å²) in [5.41, 5.74) is 0. The molecular weight excluding hydrogens is 252 g/mol. The van der Waals surface area contributed by atoms with Gasteiger partial charge in [0.25, 0.3) is 0 Å². The van der Waals surface area contributed by atoms with Crippen LogP contribution in [-0.2, 0) is 9.22 Å². The first-order valence-electron chi connectivity index (χ1n) is 7.76. The van der Waals surface area contributed by atoms with Gasteiger partial charge in [-0.1, -0.05) is 40.5 Å². The zero-order valence-corrected chi connectivity index (χ0v) is 14.1. The summed E-state index contributed by atoms with van der Waals surface area (Å²) in [4.78, 5) is 11.1. The van der Waals surface area contributed by atoms with Gasteiger partial charge >= 0.3 is 0 Å². The van der Waals surface area contributed by atoms with E-state index in [2.05, 4.69) is 39.5 Å². The van der Waals surface area contributed by atoms with Crippen LogP contribution < -0.4 is 0 Å². The minimum Gasteiger partial charge on any atom is -0.406 e. The molecule has 0 aliphatic heterocycles. The third-order valence-corrected chi connectivity index (χ3v) is 8.49. The normalized spacial score (nSPS) is 12.6. The fraction of sp³-hybridized carbons (Fsp3) is 0.812. The Bertz CT molecular complexity index is 279. The second-order valence-corrected chi connectivity index (χ2v) is 9.77. The predicted octanol–water partition coefficient (Wildman–Crippen LogP) is 4.55. The Morgan fingerprint density at radius 3 is 2.16 bits per heavy atom. The summed E-state index contributed by atoms with van der Waals surface area (Å²) in [7, 11) is -1.68. The predicted molar refractivity (Wildman–Crippen MR) is 84.7 cm³/mol. The van der Waals surface area contributed by atoms with Crippen molar-refractivity contribution in [1.29, 1.82) is 0 Å². The van der Waals surface area contributed by atoms with Gasteiger partial charge in [0.2, 0.25) is 0 Å². The van der Waals surface area contributed by atoms with Gasteiger partial charge in [0, 0.05) is 12.8 Å². The van der Waals surface area contributed by atoms with Crippen LogP contribution in [0, 0.1) is 11.8 Å². The van der Waals surface area contributed by atoms with Crippen LogP contribution in [0.1, 0.15) is 59.8 Å². The smallest absolute Gasteiger partial charge is 0.193 e. The molecule has 0 saturated carbocycles. The van der Waals surface area contributed by atoms with Crippen LogP contribution in [-0.4, -0.2) is 20.7 Å². The average Bonchev–Trinajstić information content (AvgIpc) is 2.46. The van der Waals surface area contributed by atoms with Gasteiger partial charge in [-0.2, -0.15) is 0 Å². The number of carbonyl (C=O) groups is 1. The van der Waals surface area contributed by atoms with Crippen molar-refractivity contribution in [2.75, 3.05) is 0 Å². The molecule has 0 aromatic rings. The highest BCUT2D eigenvalue weighted by molar-refractivity contribution is 6.73. The summed E-state index contributed by atoms with van der Waals surface area (Å²) in [5, 5.41) is 0. The second-order valence-electron chi connectivity index (χ2n) is 5.05. The zero-order chi connectivity index (χ0) is 14.6. The standard InChI is InChI=1S/C16H30O2Si/c1-5-9-10-11-12-13-14-16(15-17)18-19(6-2,7-3)8-4/h15-16H,5-11,14H2,1-4H3/t16-/m1/s1. The van der Waals surface area contributed by atoms with Crippen molar-refractivity contribution in [3.05, 3.63) is 0 Å². The van der Waals surface area contributed by atoms with Crippen LogP contribution in [0.5, 0.6) is 0 Å². The topological polar surface area (TPSA) is 26.3 Å². The Morgan fingerprint density at radius 1 is 1.05 bits per heavy atom. The molecule has 0 saturated heterocycles. The number of hydrogen-bond acceptors (Lipinski definition) is 2. The Hall–Kier alpha value is -0.593. The molecule has 0 N–H and O–H groups in total. The van der Waals surface area contributed by atoms with Crippen LogP contribution >= 0.6 is 0 Å². The molecule has 2 nitrogen and oxygen atoms in total. The van der Waals surface area contributed by atoms with E-state index in [0.717, 1.165) is 37.3 Å². The van der Waals surface area contributed by atoms with Gasteiger partial charge in [-0.25, -0.2) is 0 Å². The van der Waals surface area contributed by atoms with Crippen LogP contribution in [0.4, 0.5) is 0 Å². The summed E-state index contributed by atoms with van der Waals surface area (Å²) in [6.45, 7) is 8.72. The first-order valence-corrected chi connectivity index (χ1v) is 10.3. The molecule has 0 heterocycles. The maximum absolute atomic E-state index is 11.1. The molecule has 1 atom stereocenters. The SMILES string of the molecule is CCCCCC#CC[C@H](C=O)O[Si](CC)(CC)CC. The van der Waals surface area contributed by atoms with E-state index in [0.29, 0.717) is 6.42 Å². The highest BCUT2D eigenvalue weighted by Crippen LogP contribution is 2.23. The summed E-state index contributed by atoms with van der Waals surface area (Å²) >= 11 is 0. The lowest BCUT2D eigenvalue weighted by Crippen LogP contribution is -2.40. The fourth-order valence-electron chi connectivity index (χ4n) is 2.16. The fourth-order valence-corrected chi connectivity index (χ4v) is 4.94. The van der Waals surface area contributed by atoms with E-state index in [9.17, 15) is 4.79 Å². The molecule has 0 rings (SSSR count). The van der Waals surface area contributed by atoms with Crippen molar-refractivity contribution in [2.45, 2.75) is 84.0 Å². The van der Waals surface area contributed by atoms with Gasteiger partial charge in [-0.3, -0.25) is 0 Å². The van der Waals surface area contributed by atoms with Gasteiger partial charge < -0.3 is 9.22 Å². The van der Waals surface area contributed by atoms with Crippen LogP contribution in [0.2, 0.25) is 18.1 Å². The Balaban J connectivity index is 4.23. The van der Waals surface area contributed by atoms with Crippen LogP contribution in [0.3, 0.4) is 0 Å². The van der Waals surface area contributed by atoms with Gasteiger partial charge in [-0.05, 0) is 24.6 Å². The molecule has 0 bridgehead atoms. The van der Waals surface area contributed by atoms with Gasteiger partial charge in [0.05, 0.1) is 0 Å². The Labute approximate surface area is 120 Å². The molecule has 0 radical (unpaired) electrons. The largest absolute Gasteiger partial charge is 0.406 e. The van der Waals surface area contributed by atoms with E-state index in [1.807, 2.05) is 0 Å². The molecule has 0 fully saturated rings. The highest BCUT2D eigenvalue weighted by atomic mass is 28.4. The summed E-state index contributed by atoms with van der Waals surface area (Å²) in [5.74, 6) is 6.26. The van der Waals surface area contributed by atoms with Crippen molar-refractivity contribution in [3.8, 4) is 11.8 Å². The maximum Gasteiger partial charge on any atom is 0.193 e. The summed E-state index contributed by atoms with van der Waals surface area (Å²) in [6.07, 6.45) is 5.74. The quantitative estimate of drug-likeness (QED) is 0.254. The second kappa shape index (κ2) is 11.3. The van der Waals surface area contributed by atoms with E-state index < -0.39 is 8.32 Å². The van der Waals surface area contributed by atoms with Gasteiger partial charge in [0.15, 0.2) is 8.32 Å². The first kappa shape index (κ1) is 18.4. The van der Waals surface area contributed by atoms with Crippen LogP contribution in [0.25, 0.3) is 0 Å². The molecule has 0 unspecified atom stereocenters. The summed E-state index contributed by atoms with van der Waals surface area (Å²) < 4.78 is 6.13. The number of hydrogen-bond donors (Lipinski definition) is 0. The van der Waals surface area contributed by atoms with Crippen molar-refractivity contribution in [2.24, 2.45) is 0 Å². The first-order chi connectivity index (χ1) is 9.17. The minimum absolute atomic E-state index is 0.315. The molecule has 19 heavy (non-hydrogen) atoms. The van der Waals surface area contributed by atoms with Crippen molar-refractivity contribution in [1.82, 2.24) is 0 Å². The van der Waals surface area contributed by atoms with E-state index in [1.54, 1.807) is 0 Å². The molecule has 0 spiro atoms. The number of unbranched alkanes of at least 4 members (excludes halogenated alkanes) is 3. The number of rotatable bonds is 10. The highest BCUT2D eigenvalue weighted by Gasteiger charge is 2.31. The molecule has 110 valence electrons. The molecule has 0 aliphatic rings. The molecule has 0 aliphatic carbocycles. The van der Waals surface area contributed by atoms with Crippen LogP contribution in [0.15, 0.2) is 0 Å². The van der Waals surface area contributed by atoms with E-state index in [-0.39, 0.29) is 6.10 Å². The van der Waals surface area contributed by atoms with E-state index in [1.165, 1.54) is 12.8 Å². The lowest BCUT2D eigenvalue weighted by Gasteiger charge is -2.30. The molecule has 3 heteroatoms. The van der Waals surface area contributed by atoms with Crippen molar-refractivity contribution < 1.29 is 9.22 Å². The molecule has 0 amide bonds. The monoisotopic (exact) mass is 282 g/mol. The van der Waals surface area contributed by atoms with E-state index >= 15 is 0 Å². The molecule has 0 aromatic carbocycles. The third kappa shape index (κ3) is 7.54. The summed E-state index contributed by atoms with van der Waals surface area (Å²) in [6, 6.07) is 3.23. The Kier molecular flexibility index (Phi) is 10.9. The van der Waals surface area contributed by atoms with Crippen molar-refractivity contribution in [3.63, 3.8) is 0 Å². The van der Waals surface area contributed by atoms with Gasteiger partial charge in [0.1, 0.15) is 12.4 Å². The van der Waals surface area contributed by atoms with Crippen molar-refractivity contribution >= 4 is 14.6 Å². The minimum atomic E-state index is -1.68. The molecule has 0 aromatic heterocycles. The maximum atomic E-state index is 11.1. The Morgan fingerprint density at radius 2 is 1.68 bits per heavy atom. The molecular formula is C16H30O2Si. The lowest BCUT2D eigenvalue weighted by atomic mass is 10.2. The van der Waals surface area contributed by atoms with E-state index in [4.69, 9.17) is 4.43 Å². The van der Waals surface area contributed by atoms with Gasteiger partial charge in [-0.15, -0.1) is 11.8 Å². The zero-order valence-electron chi connectivity index (χ0n) is 13.1. The number of aldehydes is 1. The third-order valence-electron chi connectivity index (χ3n) is 3.82. The average molecular weight is 282 g/mol.